The van der Waals surface area contributed by atoms with Gasteiger partial charge in [-0.15, -0.1) is 11.6 Å². The smallest absolute Gasteiger partial charge is 0.307 e. The Hall–Kier alpha value is -1.66. The first kappa shape index (κ1) is 13.4. The summed E-state index contributed by atoms with van der Waals surface area (Å²) in [5.74, 6) is 6.07. The highest BCUT2D eigenvalue weighted by molar-refractivity contribution is 6.18. The van der Waals surface area contributed by atoms with E-state index in [2.05, 4.69) is 11.8 Å². The second-order valence-electron chi connectivity index (χ2n) is 3.35. The lowest BCUT2D eigenvalue weighted by Gasteiger charge is -2.05. The molecule has 0 aliphatic carbocycles. The van der Waals surface area contributed by atoms with Crippen LogP contribution in [0, 0.1) is 11.8 Å². The number of alkyl halides is 1. The minimum Gasteiger partial charge on any atom is -0.495 e. The van der Waals surface area contributed by atoms with Crippen LogP contribution in [0.4, 0.5) is 0 Å². The van der Waals surface area contributed by atoms with E-state index in [0.717, 1.165) is 0 Å². The van der Waals surface area contributed by atoms with Crippen molar-refractivity contribution in [1.29, 1.82) is 0 Å². The maximum Gasteiger partial charge on any atom is 0.307 e. The van der Waals surface area contributed by atoms with Gasteiger partial charge in [-0.1, -0.05) is 17.9 Å². The number of ether oxygens (including phenoxy) is 1. The van der Waals surface area contributed by atoms with Gasteiger partial charge in [-0.25, -0.2) is 0 Å². The van der Waals surface area contributed by atoms with Gasteiger partial charge in [0.05, 0.1) is 19.1 Å². The van der Waals surface area contributed by atoms with Crippen molar-refractivity contribution in [2.45, 2.75) is 12.8 Å². The summed E-state index contributed by atoms with van der Waals surface area (Å²) in [5, 5.41) is 8.71. The lowest BCUT2D eigenvalue weighted by molar-refractivity contribution is -0.136. The molecule has 1 aromatic rings. The number of hydrogen-bond acceptors (Lipinski definition) is 2. The molecule has 0 aromatic heterocycles. The van der Waals surface area contributed by atoms with Gasteiger partial charge in [0, 0.05) is 12.3 Å². The SMILES string of the molecule is COc1ccc(CC(=O)O)cc1C#CCCCl. The molecule has 0 aliphatic rings. The van der Waals surface area contributed by atoms with Crippen LogP contribution in [0.5, 0.6) is 5.75 Å². The zero-order valence-electron chi connectivity index (χ0n) is 9.50. The first-order valence-corrected chi connectivity index (χ1v) is 5.64. The van der Waals surface area contributed by atoms with Crippen molar-refractivity contribution in [2.75, 3.05) is 13.0 Å². The number of carboxylic acids is 1. The Morgan fingerprint density at radius 2 is 2.29 bits per heavy atom. The summed E-state index contributed by atoms with van der Waals surface area (Å²) >= 11 is 5.53. The van der Waals surface area contributed by atoms with Crippen molar-refractivity contribution in [3.05, 3.63) is 29.3 Å². The minimum atomic E-state index is -0.866. The molecule has 0 radical (unpaired) electrons. The largest absolute Gasteiger partial charge is 0.495 e. The summed E-state index contributed by atoms with van der Waals surface area (Å²) in [4.78, 5) is 10.6. The molecular weight excluding hydrogens is 240 g/mol. The van der Waals surface area contributed by atoms with Crippen LogP contribution in [-0.4, -0.2) is 24.1 Å². The number of methoxy groups -OCH3 is 1. The molecule has 0 atom stereocenters. The van der Waals surface area contributed by atoms with Gasteiger partial charge < -0.3 is 9.84 Å². The van der Waals surface area contributed by atoms with Gasteiger partial charge in [0.2, 0.25) is 0 Å². The molecule has 0 heterocycles. The number of aliphatic carboxylic acids is 1. The minimum absolute atomic E-state index is 0.0197. The molecule has 0 spiro atoms. The maximum absolute atomic E-state index is 10.6. The Labute approximate surface area is 105 Å². The quantitative estimate of drug-likeness (QED) is 0.661. The first-order valence-electron chi connectivity index (χ1n) is 5.11. The molecule has 4 heteroatoms. The van der Waals surface area contributed by atoms with Gasteiger partial charge in [-0.3, -0.25) is 4.79 Å². The standard InChI is InChI=1S/C13H13ClO3/c1-17-12-6-5-10(9-13(15)16)8-11(12)4-2-3-7-14/h5-6,8H,3,7,9H2,1H3,(H,15,16). The third-order valence-corrected chi connectivity index (χ3v) is 2.25. The molecule has 0 saturated carbocycles. The van der Waals surface area contributed by atoms with E-state index in [4.69, 9.17) is 21.4 Å². The number of rotatable bonds is 4. The molecule has 0 unspecified atom stereocenters. The highest BCUT2D eigenvalue weighted by Crippen LogP contribution is 2.19. The van der Waals surface area contributed by atoms with Gasteiger partial charge in [0.1, 0.15) is 5.75 Å². The van der Waals surface area contributed by atoms with Crippen molar-refractivity contribution in [3.63, 3.8) is 0 Å². The summed E-state index contributed by atoms with van der Waals surface area (Å²) in [6.07, 6.45) is 0.571. The topological polar surface area (TPSA) is 46.5 Å². The van der Waals surface area contributed by atoms with Gasteiger partial charge >= 0.3 is 5.97 Å². The third-order valence-electron chi connectivity index (χ3n) is 2.06. The summed E-state index contributed by atoms with van der Waals surface area (Å²) in [6, 6.07) is 5.18. The van der Waals surface area contributed by atoms with Crippen molar-refractivity contribution < 1.29 is 14.6 Å². The van der Waals surface area contributed by atoms with Crippen LogP contribution < -0.4 is 4.74 Å². The zero-order valence-corrected chi connectivity index (χ0v) is 10.3. The average Bonchev–Trinajstić information content (AvgIpc) is 2.29. The van der Waals surface area contributed by atoms with Crippen LogP contribution in [0.15, 0.2) is 18.2 Å². The monoisotopic (exact) mass is 252 g/mol. The van der Waals surface area contributed by atoms with Crippen molar-refractivity contribution in [2.24, 2.45) is 0 Å². The Bertz CT molecular complexity index is 457. The van der Waals surface area contributed by atoms with Crippen molar-refractivity contribution >= 4 is 17.6 Å². The number of hydrogen-bond donors (Lipinski definition) is 1. The summed E-state index contributed by atoms with van der Waals surface area (Å²) in [6.45, 7) is 0. The predicted molar refractivity (Wildman–Crippen MR) is 66.5 cm³/mol. The molecule has 1 rings (SSSR count). The predicted octanol–water partition coefficient (Wildman–Crippen LogP) is 2.30. The van der Waals surface area contributed by atoms with E-state index >= 15 is 0 Å². The summed E-state index contributed by atoms with van der Waals surface area (Å²) < 4.78 is 5.15. The number of halogens is 1. The number of benzene rings is 1. The van der Waals surface area contributed by atoms with E-state index in [0.29, 0.717) is 29.2 Å². The second kappa shape index (κ2) is 6.82. The normalized spacial score (nSPS) is 9.29. The summed E-state index contributed by atoms with van der Waals surface area (Å²) in [5.41, 5.74) is 1.39. The lowest BCUT2D eigenvalue weighted by Crippen LogP contribution is -2.00. The van der Waals surface area contributed by atoms with Gasteiger partial charge in [-0.05, 0) is 17.7 Å². The van der Waals surface area contributed by atoms with Crippen LogP contribution in [0.25, 0.3) is 0 Å². The molecule has 0 aliphatic heterocycles. The molecule has 17 heavy (non-hydrogen) atoms. The Morgan fingerprint density at radius 1 is 1.53 bits per heavy atom. The molecular formula is C13H13ClO3. The van der Waals surface area contributed by atoms with Crippen molar-refractivity contribution in [1.82, 2.24) is 0 Å². The fourth-order valence-electron chi connectivity index (χ4n) is 1.34. The number of carboxylic acid groups (broad SMARTS) is 1. The molecule has 0 fully saturated rings. The highest BCUT2D eigenvalue weighted by atomic mass is 35.5. The van der Waals surface area contributed by atoms with E-state index in [1.807, 2.05) is 0 Å². The average molecular weight is 253 g/mol. The Morgan fingerprint density at radius 3 is 2.88 bits per heavy atom. The van der Waals surface area contributed by atoms with E-state index in [-0.39, 0.29) is 6.42 Å². The Kier molecular flexibility index (Phi) is 5.38. The maximum atomic E-state index is 10.6. The molecule has 90 valence electrons. The molecule has 1 N–H and O–H groups in total. The summed E-state index contributed by atoms with van der Waals surface area (Å²) in [7, 11) is 1.55. The molecule has 0 bridgehead atoms. The van der Waals surface area contributed by atoms with Crippen LogP contribution in [0.2, 0.25) is 0 Å². The fourth-order valence-corrected chi connectivity index (χ4v) is 1.44. The third kappa shape index (κ3) is 4.38. The molecule has 0 amide bonds. The molecule has 3 nitrogen and oxygen atoms in total. The highest BCUT2D eigenvalue weighted by Gasteiger charge is 2.05. The Balaban J connectivity index is 2.99. The van der Waals surface area contributed by atoms with Gasteiger partial charge in [0.15, 0.2) is 0 Å². The van der Waals surface area contributed by atoms with Crippen LogP contribution in [0.1, 0.15) is 17.5 Å². The van der Waals surface area contributed by atoms with Crippen molar-refractivity contribution in [3.8, 4) is 17.6 Å². The zero-order chi connectivity index (χ0) is 12.7. The van der Waals surface area contributed by atoms with Crippen LogP contribution in [-0.2, 0) is 11.2 Å². The second-order valence-corrected chi connectivity index (χ2v) is 3.72. The van der Waals surface area contributed by atoms with Gasteiger partial charge in [0.25, 0.3) is 0 Å². The van der Waals surface area contributed by atoms with E-state index < -0.39 is 5.97 Å². The van der Waals surface area contributed by atoms with Crippen LogP contribution in [0.3, 0.4) is 0 Å². The van der Waals surface area contributed by atoms with E-state index in [9.17, 15) is 4.79 Å². The first-order chi connectivity index (χ1) is 8.17. The molecule has 0 saturated heterocycles. The van der Waals surface area contributed by atoms with E-state index in [1.54, 1.807) is 25.3 Å². The molecule has 1 aromatic carbocycles. The lowest BCUT2D eigenvalue weighted by atomic mass is 10.1. The van der Waals surface area contributed by atoms with Gasteiger partial charge in [-0.2, -0.15) is 0 Å². The van der Waals surface area contributed by atoms with E-state index in [1.165, 1.54) is 0 Å². The fraction of sp³-hybridized carbons (Fsp3) is 0.308. The van der Waals surface area contributed by atoms with Crippen LogP contribution >= 0.6 is 11.6 Å². The number of carbonyl (C=O) groups is 1.